The number of benzene rings is 1. The van der Waals surface area contributed by atoms with Crippen LogP contribution < -0.4 is 4.74 Å². The van der Waals surface area contributed by atoms with Gasteiger partial charge in [0.2, 0.25) is 5.60 Å². The molecule has 3 fully saturated rings. The van der Waals surface area contributed by atoms with E-state index >= 15 is 0 Å². The maximum Gasteiger partial charge on any atom is 0.428 e. The Balaban J connectivity index is 1.19. The monoisotopic (exact) mass is 536 g/mol. The third kappa shape index (κ3) is 5.90. The summed E-state index contributed by atoms with van der Waals surface area (Å²) in [6.45, 7) is 2.16. The molecule has 1 aliphatic heterocycles. The van der Waals surface area contributed by atoms with E-state index < -0.39 is 33.5 Å². The van der Waals surface area contributed by atoms with E-state index in [1.165, 1.54) is 17.0 Å². The highest BCUT2D eigenvalue weighted by Gasteiger charge is 2.62. The third-order valence-corrected chi connectivity index (χ3v) is 8.78. The molecule has 0 unspecified atom stereocenters. The Hall–Kier alpha value is -2.08. The average Bonchev–Trinajstić information content (AvgIpc) is 2.79. The molecule has 0 radical (unpaired) electrons. The maximum atomic E-state index is 14.2. The molecule has 3 aliphatic rings. The lowest BCUT2D eigenvalue weighted by molar-refractivity contribution is -0.286. The van der Waals surface area contributed by atoms with Crippen LogP contribution >= 0.6 is 0 Å². The number of carbonyl (C=O) groups excluding carboxylic acids is 1. The van der Waals surface area contributed by atoms with E-state index in [4.69, 9.17) is 9.47 Å². The number of ether oxygens (including phenoxy) is 2. The first-order valence-electron chi connectivity index (χ1n) is 12.3. The van der Waals surface area contributed by atoms with Gasteiger partial charge < -0.3 is 14.4 Å². The molecule has 7 nitrogen and oxygen atoms in total. The first-order chi connectivity index (χ1) is 16.9. The van der Waals surface area contributed by atoms with Crippen LogP contribution in [0.4, 0.5) is 22.4 Å². The molecule has 202 valence electrons. The second-order valence-electron chi connectivity index (χ2n) is 10.1. The summed E-state index contributed by atoms with van der Waals surface area (Å²) in [7, 11) is -3.49. The van der Waals surface area contributed by atoms with Gasteiger partial charge in [-0.1, -0.05) is 0 Å². The predicted molar refractivity (Wildman–Crippen MR) is 123 cm³/mol. The second kappa shape index (κ2) is 10.4. The molecule has 0 aromatic heterocycles. The van der Waals surface area contributed by atoms with Crippen molar-refractivity contribution in [2.75, 3.05) is 39.0 Å². The van der Waals surface area contributed by atoms with Crippen LogP contribution in [0.3, 0.4) is 0 Å². The van der Waals surface area contributed by atoms with Crippen molar-refractivity contribution in [3.63, 3.8) is 0 Å². The van der Waals surface area contributed by atoms with Gasteiger partial charge in [-0.15, -0.1) is 0 Å². The quantitative estimate of drug-likeness (QED) is 0.502. The van der Waals surface area contributed by atoms with Crippen LogP contribution in [-0.4, -0.2) is 81.2 Å². The predicted octanol–water partition coefficient (Wildman–Crippen LogP) is 4.41. The molecular formula is C24H32F4N2O5S. The molecule has 4 rings (SSSR count). The van der Waals surface area contributed by atoms with Crippen LogP contribution in [-0.2, 0) is 14.6 Å². The van der Waals surface area contributed by atoms with Gasteiger partial charge in [-0.25, -0.2) is 17.6 Å². The summed E-state index contributed by atoms with van der Waals surface area (Å²) in [5, 5.41) is 0. The number of hydrogen-bond acceptors (Lipinski definition) is 6. The largest absolute Gasteiger partial charge is 0.490 e. The highest BCUT2D eigenvalue weighted by Crippen LogP contribution is 2.48. The summed E-state index contributed by atoms with van der Waals surface area (Å²) in [5.41, 5.74) is -2.32. The van der Waals surface area contributed by atoms with Crippen LogP contribution in [0.1, 0.15) is 44.9 Å². The van der Waals surface area contributed by atoms with Gasteiger partial charge in [-0.05, 0) is 69.1 Å². The lowest BCUT2D eigenvalue weighted by Crippen LogP contribution is -2.58. The van der Waals surface area contributed by atoms with Crippen molar-refractivity contribution in [2.24, 2.45) is 5.92 Å². The van der Waals surface area contributed by atoms with Crippen LogP contribution in [0.25, 0.3) is 0 Å². The van der Waals surface area contributed by atoms with Crippen molar-refractivity contribution in [1.82, 2.24) is 9.80 Å². The van der Waals surface area contributed by atoms with Gasteiger partial charge in [0.15, 0.2) is 21.4 Å². The molecule has 0 bridgehead atoms. The zero-order valence-electron chi connectivity index (χ0n) is 20.2. The average molecular weight is 537 g/mol. The summed E-state index contributed by atoms with van der Waals surface area (Å²) in [6, 6.07) is 3.95. The SMILES string of the molecule is CS(=O)(=O)c1ccc(OCC2CCC(N3CCN(C(=O)OC4(C(F)(F)F)CCC4)CC3)CC2)c(F)c1. The number of hydrogen-bond donors (Lipinski definition) is 0. The Labute approximate surface area is 208 Å². The zero-order chi connectivity index (χ0) is 26.1. The fourth-order valence-corrected chi connectivity index (χ4v) is 5.79. The minimum atomic E-state index is -4.55. The molecule has 2 saturated carbocycles. The van der Waals surface area contributed by atoms with Crippen LogP contribution in [0.2, 0.25) is 0 Å². The first kappa shape index (κ1) is 27.0. The number of piperazine rings is 1. The highest BCUT2D eigenvalue weighted by molar-refractivity contribution is 7.90. The third-order valence-electron chi connectivity index (χ3n) is 7.67. The summed E-state index contributed by atoms with van der Waals surface area (Å²) < 4.78 is 87.7. The second-order valence-corrected chi connectivity index (χ2v) is 12.1. The summed E-state index contributed by atoms with van der Waals surface area (Å²) in [5.74, 6) is -0.434. The molecule has 1 aromatic carbocycles. The van der Waals surface area contributed by atoms with Gasteiger partial charge >= 0.3 is 12.3 Å². The van der Waals surface area contributed by atoms with Gasteiger partial charge in [0, 0.05) is 38.5 Å². The number of carbonyl (C=O) groups is 1. The van der Waals surface area contributed by atoms with Crippen molar-refractivity contribution in [1.29, 1.82) is 0 Å². The van der Waals surface area contributed by atoms with E-state index in [0.29, 0.717) is 45.2 Å². The van der Waals surface area contributed by atoms with E-state index in [1.807, 2.05) is 0 Å². The smallest absolute Gasteiger partial charge is 0.428 e. The Morgan fingerprint density at radius 2 is 1.72 bits per heavy atom. The molecule has 0 N–H and O–H groups in total. The molecule has 1 heterocycles. The van der Waals surface area contributed by atoms with Crippen molar-refractivity contribution >= 4 is 15.9 Å². The van der Waals surface area contributed by atoms with Crippen molar-refractivity contribution in [3.05, 3.63) is 24.0 Å². The number of rotatable bonds is 6. The van der Waals surface area contributed by atoms with Crippen molar-refractivity contribution in [3.8, 4) is 5.75 Å². The van der Waals surface area contributed by atoms with Gasteiger partial charge in [-0.2, -0.15) is 13.2 Å². The summed E-state index contributed by atoms with van der Waals surface area (Å²) in [4.78, 5) is 15.9. The molecule has 1 saturated heterocycles. The minimum absolute atomic E-state index is 0.0294. The van der Waals surface area contributed by atoms with Crippen molar-refractivity contribution < 1.29 is 40.2 Å². The fraction of sp³-hybridized carbons (Fsp3) is 0.708. The van der Waals surface area contributed by atoms with E-state index in [1.54, 1.807) is 0 Å². The number of amides is 1. The molecule has 36 heavy (non-hydrogen) atoms. The Morgan fingerprint density at radius 1 is 1.08 bits per heavy atom. The number of halogens is 4. The van der Waals surface area contributed by atoms with E-state index in [0.717, 1.165) is 38.0 Å². The van der Waals surface area contributed by atoms with Crippen LogP contribution in [0.15, 0.2) is 23.1 Å². The fourth-order valence-electron chi connectivity index (χ4n) is 5.16. The van der Waals surface area contributed by atoms with Gasteiger partial charge in [0.25, 0.3) is 0 Å². The number of alkyl halides is 3. The molecule has 2 aliphatic carbocycles. The van der Waals surface area contributed by atoms with Gasteiger partial charge in [0.05, 0.1) is 11.5 Å². The lowest BCUT2D eigenvalue weighted by atomic mass is 9.79. The number of sulfone groups is 1. The van der Waals surface area contributed by atoms with Gasteiger partial charge in [-0.3, -0.25) is 4.90 Å². The molecule has 1 amide bonds. The van der Waals surface area contributed by atoms with E-state index in [2.05, 4.69) is 4.90 Å². The molecule has 0 atom stereocenters. The van der Waals surface area contributed by atoms with Crippen molar-refractivity contribution in [2.45, 2.75) is 67.7 Å². The molecule has 1 aromatic rings. The Morgan fingerprint density at radius 3 is 2.22 bits per heavy atom. The summed E-state index contributed by atoms with van der Waals surface area (Å²) >= 11 is 0. The molecule has 12 heteroatoms. The normalized spacial score (nSPS) is 25.2. The van der Waals surface area contributed by atoms with Gasteiger partial charge in [0.1, 0.15) is 0 Å². The van der Waals surface area contributed by atoms with E-state index in [9.17, 15) is 30.8 Å². The van der Waals surface area contributed by atoms with E-state index in [-0.39, 0.29) is 29.4 Å². The molecule has 0 spiro atoms. The van der Waals surface area contributed by atoms with Crippen LogP contribution in [0.5, 0.6) is 5.75 Å². The minimum Gasteiger partial charge on any atom is -0.490 e. The standard InChI is InChI=1S/C24H32F4N2O5S/c1-36(32,33)19-7-8-21(20(25)15-19)34-16-17-3-5-18(6-4-17)29-11-13-30(14-12-29)22(31)35-23(9-2-10-23)24(26,27)28/h7-8,15,17-18H,2-6,9-14,16H2,1H3. The Bertz CT molecular complexity index is 1050. The Kier molecular flexibility index (Phi) is 7.76. The molecular weight excluding hydrogens is 504 g/mol. The summed E-state index contributed by atoms with van der Waals surface area (Å²) in [6.07, 6.45) is -0.782. The topological polar surface area (TPSA) is 76.2 Å². The maximum absolute atomic E-state index is 14.2. The van der Waals surface area contributed by atoms with Crippen LogP contribution in [0, 0.1) is 11.7 Å². The lowest BCUT2D eigenvalue weighted by Gasteiger charge is -2.45. The zero-order valence-corrected chi connectivity index (χ0v) is 21.0. The highest BCUT2D eigenvalue weighted by atomic mass is 32.2. The first-order valence-corrected chi connectivity index (χ1v) is 14.2. The number of nitrogens with zero attached hydrogens (tertiary/aromatic N) is 2.